The van der Waals surface area contributed by atoms with E-state index in [4.69, 9.17) is 0 Å². The van der Waals surface area contributed by atoms with Crippen LogP contribution in [-0.2, 0) is 0 Å². The van der Waals surface area contributed by atoms with E-state index in [2.05, 4.69) is 41.1 Å². The molecule has 1 aromatic carbocycles. The summed E-state index contributed by atoms with van der Waals surface area (Å²) in [4.78, 5) is 5.02. The summed E-state index contributed by atoms with van der Waals surface area (Å²) in [7, 11) is 2.24. The van der Waals surface area contributed by atoms with Crippen molar-refractivity contribution in [1.29, 1.82) is 0 Å². The lowest BCUT2D eigenvalue weighted by Crippen LogP contribution is -2.30. The first-order valence-electron chi connectivity index (χ1n) is 7.86. The smallest absolute Gasteiger partial charge is 0.0369 e. The van der Waals surface area contributed by atoms with Gasteiger partial charge in [-0.25, -0.2) is 0 Å². The third kappa shape index (κ3) is 3.11. The zero-order chi connectivity index (χ0) is 13.1. The molecule has 2 aliphatic heterocycles. The first-order chi connectivity index (χ1) is 9.33. The van der Waals surface area contributed by atoms with Crippen LogP contribution in [0.2, 0.25) is 0 Å². The van der Waals surface area contributed by atoms with E-state index in [9.17, 15) is 0 Å². The van der Waals surface area contributed by atoms with Crippen LogP contribution in [0.5, 0.6) is 0 Å². The predicted octanol–water partition coefficient (Wildman–Crippen LogP) is 3.49. The molecule has 0 aromatic heterocycles. The minimum Gasteiger partial charge on any atom is -0.372 e. The molecule has 0 aliphatic carbocycles. The van der Waals surface area contributed by atoms with E-state index in [1.54, 1.807) is 5.56 Å². The van der Waals surface area contributed by atoms with Gasteiger partial charge in [0, 0.05) is 18.8 Å². The summed E-state index contributed by atoms with van der Waals surface area (Å²) < 4.78 is 0. The molecule has 0 bridgehead atoms. The lowest BCUT2D eigenvalue weighted by atomic mass is 9.89. The summed E-state index contributed by atoms with van der Waals surface area (Å²) in [5.41, 5.74) is 3.02. The minimum absolute atomic E-state index is 0.779. The SMILES string of the molecule is CN1CCC(c2cccc(N3CCCCC3)c2)CC1. The van der Waals surface area contributed by atoms with Crippen LogP contribution in [0, 0.1) is 0 Å². The Morgan fingerprint density at radius 3 is 2.42 bits per heavy atom. The van der Waals surface area contributed by atoms with Crippen LogP contribution in [0.25, 0.3) is 0 Å². The Kier molecular flexibility index (Phi) is 4.07. The van der Waals surface area contributed by atoms with Crippen molar-refractivity contribution in [2.75, 3.05) is 38.1 Å². The molecule has 104 valence electrons. The molecule has 2 nitrogen and oxygen atoms in total. The van der Waals surface area contributed by atoms with Crippen LogP contribution in [0.3, 0.4) is 0 Å². The van der Waals surface area contributed by atoms with Crippen molar-refractivity contribution in [3.8, 4) is 0 Å². The van der Waals surface area contributed by atoms with Gasteiger partial charge >= 0.3 is 0 Å². The van der Waals surface area contributed by atoms with Gasteiger partial charge in [-0.15, -0.1) is 0 Å². The Hall–Kier alpha value is -1.02. The van der Waals surface area contributed by atoms with Gasteiger partial charge in [0.05, 0.1) is 0 Å². The molecule has 2 aliphatic rings. The lowest BCUT2D eigenvalue weighted by molar-refractivity contribution is 0.255. The Balaban J connectivity index is 1.72. The van der Waals surface area contributed by atoms with Gasteiger partial charge in [-0.3, -0.25) is 0 Å². The van der Waals surface area contributed by atoms with Crippen molar-refractivity contribution < 1.29 is 0 Å². The molecule has 0 saturated carbocycles. The summed E-state index contributed by atoms with van der Waals surface area (Å²) in [6.07, 6.45) is 6.77. The largest absolute Gasteiger partial charge is 0.372 e. The zero-order valence-electron chi connectivity index (χ0n) is 12.1. The molecular formula is C17H26N2. The van der Waals surface area contributed by atoms with Crippen molar-refractivity contribution >= 4 is 5.69 Å². The number of benzene rings is 1. The van der Waals surface area contributed by atoms with E-state index in [0.717, 1.165) is 5.92 Å². The molecule has 2 fully saturated rings. The van der Waals surface area contributed by atoms with Crippen LogP contribution in [0.4, 0.5) is 5.69 Å². The fraction of sp³-hybridized carbons (Fsp3) is 0.647. The fourth-order valence-corrected chi connectivity index (χ4v) is 3.47. The van der Waals surface area contributed by atoms with Crippen LogP contribution >= 0.6 is 0 Å². The maximum atomic E-state index is 2.57. The Labute approximate surface area is 117 Å². The van der Waals surface area contributed by atoms with Crippen molar-refractivity contribution in [2.45, 2.75) is 38.0 Å². The second-order valence-corrected chi connectivity index (χ2v) is 6.22. The first kappa shape index (κ1) is 13.0. The quantitative estimate of drug-likeness (QED) is 0.801. The Morgan fingerprint density at radius 2 is 1.68 bits per heavy atom. The third-order valence-electron chi connectivity index (χ3n) is 4.78. The Morgan fingerprint density at radius 1 is 0.947 bits per heavy atom. The van der Waals surface area contributed by atoms with Gasteiger partial charge < -0.3 is 9.80 Å². The standard InChI is InChI=1S/C17H26N2/c1-18-12-8-15(9-13-18)16-6-5-7-17(14-16)19-10-3-2-4-11-19/h5-7,14-15H,2-4,8-13H2,1H3. The minimum atomic E-state index is 0.779. The summed E-state index contributed by atoms with van der Waals surface area (Å²) in [5, 5.41) is 0. The lowest BCUT2D eigenvalue weighted by Gasteiger charge is -2.32. The zero-order valence-corrected chi connectivity index (χ0v) is 12.1. The molecule has 19 heavy (non-hydrogen) atoms. The van der Waals surface area contributed by atoms with E-state index < -0.39 is 0 Å². The van der Waals surface area contributed by atoms with Gasteiger partial charge in [0.2, 0.25) is 0 Å². The van der Waals surface area contributed by atoms with Gasteiger partial charge in [-0.2, -0.15) is 0 Å². The number of nitrogens with zero attached hydrogens (tertiary/aromatic N) is 2. The fourth-order valence-electron chi connectivity index (χ4n) is 3.47. The molecule has 0 spiro atoms. The molecule has 3 rings (SSSR count). The van der Waals surface area contributed by atoms with Crippen LogP contribution in [-0.4, -0.2) is 38.1 Å². The average Bonchev–Trinajstić information content (AvgIpc) is 2.49. The van der Waals surface area contributed by atoms with Gasteiger partial charge in [0.1, 0.15) is 0 Å². The van der Waals surface area contributed by atoms with Gasteiger partial charge in [0.25, 0.3) is 0 Å². The molecule has 2 heterocycles. The van der Waals surface area contributed by atoms with E-state index in [1.165, 1.54) is 64.0 Å². The summed E-state index contributed by atoms with van der Waals surface area (Å²) in [6.45, 7) is 4.99. The second-order valence-electron chi connectivity index (χ2n) is 6.22. The molecule has 2 heteroatoms. The summed E-state index contributed by atoms with van der Waals surface area (Å²) in [6, 6.07) is 9.35. The van der Waals surface area contributed by atoms with Gasteiger partial charge in [0.15, 0.2) is 0 Å². The number of hydrogen-bond acceptors (Lipinski definition) is 2. The monoisotopic (exact) mass is 258 g/mol. The van der Waals surface area contributed by atoms with Crippen molar-refractivity contribution in [1.82, 2.24) is 4.90 Å². The molecule has 0 amide bonds. The maximum absolute atomic E-state index is 2.57. The highest BCUT2D eigenvalue weighted by Crippen LogP contribution is 2.30. The number of anilines is 1. The summed E-state index contributed by atoms with van der Waals surface area (Å²) in [5.74, 6) is 0.779. The van der Waals surface area contributed by atoms with E-state index in [-0.39, 0.29) is 0 Å². The normalized spacial score (nSPS) is 22.7. The molecule has 0 unspecified atom stereocenters. The van der Waals surface area contributed by atoms with Crippen LogP contribution < -0.4 is 4.90 Å². The van der Waals surface area contributed by atoms with Crippen molar-refractivity contribution in [3.63, 3.8) is 0 Å². The number of rotatable bonds is 2. The number of likely N-dealkylation sites (tertiary alicyclic amines) is 1. The van der Waals surface area contributed by atoms with E-state index >= 15 is 0 Å². The molecule has 0 N–H and O–H groups in total. The predicted molar refractivity (Wildman–Crippen MR) is 82.0 cm³/mol. The first-order valence-corrected chi connectivity index (χ1v) is 7.86. The summed E-state index contributed by atoms with van der Waals surface area (Å²) >= 11 is 0. The molecule has 1 aromatic rings. The van der Waals surface area contributed by atoms with Crippen LogP contribution in [0.1, 0.15) is 43.6 Å². The maximum Gasteiger partial charge on any atom is 0.0369 e. The third-order valence-corrected chi connectivity index (χ3v) is 4.78. The van der Waals surface area contributed by atoms with Crippen molar-refractivity contribution in [3.05, 3.63) is 29.8 Å². The molecular weight excluding hydrogens is 232 g/mol. The van der Waals surface area contributed by atoms with Gasteiger partial charge in [-0.1, -0.05) is 12.1 Å². The van der Waals surface area contributed by atoms with Crippen molar-refractivity contribution in [2.24, 2.45) is 0 Å². The van der Waals surface area contributed by atoms with Crippen LogP contribution in [0.15, 0.2) is 24.3 Å². The molecule has 0 atom stereocenters. The molecule has 0 radical (unpaired) electrons. The van der Waals surface area contributed by atoms with E-state index in [1.807, 2.05) is 0 Å². The van der Waals surface area contributed by atoms with Gasteiger partial charge in [-0.05, 0) is 75.9 Å². The van der Waals surface area contributed by atoms with E-state index in [0.29, 0.717) is 0 Å². The average molecular weight is 258 g/mol. The topological polar surface area (TPSA) is 6.48 Å². The second kappa shape index (κ2) is 5.96. The molecule has 2 saturated heterocycles. The Bertz CT molecular complexity index is 401. The highest BCUT2D eigenvalue weighted by atomic mass is 15.1. The number of piperidine rings is 2. The highest BCUT2D eigenvalue weighted by Gasteiger charge is 2.19. The highest BCUT2D eigenvalue weighted by molar-refractivity contribution is 5.49. The number of hydrogen-bond donors (Lipinski definition) is 0.